The van der Waals surface area contributed by atoms with E-state index in [2.05, 4.69) is 51.8 Å². The van der Waals surface area contributed by atoms with Gasteiger partial charge in [0.1, 0.15) is 17.7 Å². The Morgan fingerprint density at radius 1 is 1.04 bits per heavy atom. The smallest absolute Gasteiger partial charge is 0.343 e. The van der Waals surface area contributed by atoms with Gasteiger partial charge in [-0.2, -0.15) is 0 Å². The predicted molar refractivity (Wildman–Crippen MR) is 109 cm³/mol. The number of hydrogen-bond acceptors (Lipinski definition) is 6. The Kier molecular flexibility index (Phi) is 8.55. The van der Waals surface area contributed by atoms with Gasteiger partial charge in [-0.1, -0.05) is 32.4 Å². The molecule has 0 aliphatic rings. The third-order valence-electron chi connectivity index (χ3n) is 4.26. The molecule has 0 radical (unpaired) electrons. The van der Waals surface area contributed by atoms with Crippen molar-refractivity contribution in [3.63, 3.8) is 0 Å². The van der Waals surface area contributed by atoms with Gasteiger partial charge in [0.05, 0.1) is 12.3 Å². The second kappa shape index (κ2) is 11.2. The number of esters is 1. The Bertz CT molecular complexity index is 717. The van der Waals surface area contributed by atoms with Crippen LogP contribution in [-0.4, -0.2) is 35.6 Å². The number of benzene rings is 1. The summed E-state index contributed by atoms with van der Waals surface area (Å²) in [5.41, 5.74) is 3.52. The molecule has 0 saturated carbocycles. The Morgan fingerprint density at radius 2 is 1.81 bits per heavy atom. The number of nitrogens with one attached hydrogen (secondary N) is 2. The van der Waals surface area contributed by atoms with Crippen molar-refractivity contribution in [1.82, 2.24) is 9.97 Å². The molecule has 0 atom stereocenters. The Balaban J connectivity index is 1.95. The highest BCUT2D eigenvalue weighted by Gasteiger charge is 2.19. The van der Waals surface area contributed by atoms with Crippen LogP contribution in [-0.2, 0) is 17.6 Å². The third-order valence-corrected chi connectivity index (χ3v) is 4.26. The molecule has 0 amide bonds. The maximum Gasteiger partial charge on any atom is 0.343 e. The van der Waals surface area contributed by atoms with E-state index in [1.165, 1.54) is 24.7 Å². The number of ether oxygens (including phenoxy) is 1. The number of carbonyl (C=O) groups is 1. The average Bonchev–Trinajstić information content (AvgIpc) is 2.69. The van der Waals surface area contributed by atoms with Crippen molar-refractivity contribution in [3.05, 3.63) is 47.4 Å². The standard InChI is InChI=1S/C21H30N4O2/c1-4-7-13-22-17-10-8-16(9-11-17)12-14-23-20-19(21(26)27-6-3)18(5-2)24-15-25-20/h8-11,15,22H,4-7,12-14H2,1-3H3,(H,23,24,25). The molecule has 1 aromatic heterocycles. The largest absolute Gasteiger partial charge is 0.462 e. The molecule has 1 heterocycles. The molecule has 0 unspecified atom stereocenters. The van der Waals surface area contributed by atoms with Gasteiger partial charge in [-0.3, -0.25) is 0 Å². The first-order chi connectivity index (χ1) is 13.2. The van der Waals surface area contributed by atoms with Crippen molar-refractivity contribution in [2.24, 2.45) is 0 Å². The molecule has 2 aromatic rings. The maximum atomic E-state index is 12.3. The number of carbonyl (C=O) groups excluding carboxylic acids is 1. The summed E-state index contributed by atoms with van der Waals surface area (Å²) in [5, 5.41) is 6.68. The third kappa shape index (κ3) is 6.24. The molecular weight excluding hydrogens is 340 g/mol. The minimum atomic E-state index is -0.375. The van der Waals surface area contributed by atoms with E-state index in [-0.39, 0.29) is 5.97 Å². The lowest BCUT2D eigenvalue weighted by Crippen LogP contribution is -2.16. The molecule has 6 heteroatoms. The molecule has 0 aliphatic heterocycles. The van der Waals surface area contributed by atoms with E-state index in [0.717, 1.165) is 18.7 Å². The van der Waals surface area contributed by atoms with Crippen molar-refractivity contribution in [3.8, 4) is 0 Å². The van der Waals surface area contributed by atoms with Crippen LogP contribution in [0.4, 0.5) is 11.5 Å². The fourth-order valence-electron chi connectivity index (χ4n) is 2.77. The summed E-state index contributed by atoms with van der Waals surface area (Å²) in [6.07, 6.45) is 5.34. The van der Waals surface area contributed by atoms with Crippen molar-refractivity contribution >= 4 is 17.5 Å². The molecule has 0 aliphatic carbocycles. The lowest BCUT2D eigenvalue weighted by molar-refractivity contribution is 0.0525. The van der Waals surface area contributed by atoms with E-state index in [0.29, 0.717) is 36.6 Å². The van der Waals surface area contributed by atoms with Crippen molar-refractivity contribution in [1.29, 1.82) is 0 Å². The fraction of sp³-hybridized carbons (Fsp3) is 0.476. The van der Waals surface area contributed by atoms with Crippen LogP contribution in [0.25, 0.3) is 0 Å². The zero-order chi connectivity index (χ0) is 19.5. The summed E-state index contributed by atoms with van der Waals surface area (Å²) < 4.78 is 5.16. The van der Waals surface area contributed by atoms with E-state index < -0.39 is 0 Å². The highest BCUT2D eigenvalue weighted by atomic mass is 16.5. The first-order valence-corrected chi connectivity index (χ1v) is 9.77. The Hall–Kier alpha value is -2.63. The molecule has 0 saturated heterocycles. The van der Waals surface area contributed by atoms with E-state index in [1.807, 2.05) is 6.92 Å². The molecule has 27 heavy (non-hydrogen) atoms. The van der Waals surface area contributed by atoms with Crippen LogP contribution in [0.5, 0.6) is 0 Å². The highest BCUT2D eigenvalue weighted by molar-refractivity contribution is 5.95. The first kappa shape index (κ1) is 20.7. The van der Waals surface area contributed by atoms with Gasteiger partial charge in [0.2, 0.25) is 0 Å². The number of aryl methyl sites for hydroxylation is 1. The summed E-state index contributed by atoms with van der Waals surface area (Å²) in [4.78, 5) is 20.7. The maximum absolute atomic E-state index is 12.3. The monoisotopic (exact) mass is 370 g/mol. The molecule has 2 N–H and O–H groups in total. The summed E-state index contributed by atoms with van der Waals surface area (Å²) in [7, 11) is 0. The van der Waals surface area contributed by atoms with Gasteiger partial charge in [-0.25, -0.2) is 14.8 Å². The van der Waals surface area contributed by atoms with Crippen molar-refractivity contribution in [2.45, 2.75) is 46.5 Å². The van der Waals surface area contributed by atoms with Crippen LogP contribution in [0.1, 0.15) is 55.2 Å². The zero-order valence-electron chi connectivity index (χ0n) is 16.5. The van der Waals surface area contributed by atoms with Gasteiger partial charge in [0.15, 0.2) is 0 Å². The van der Waals surface area contributed by atoms with Crippen LogP contribution in [0, 0.1) is 0 Å². The van der Waals surface area contributed by atoms with Gasteiger partial charge in [-0.05, 0) is 43.9 Å². The lowest BCUT2D eigenvalue weighted by Gasteiger charge is -2.13. The normalized spacial score (nSPS) is 10.5. The minimum Gasteiger partial charge on any atom is -0.462 e. The highest BCUT2D eigenvalue weighted by Crippen LogP contribution is 2.18. The second-order valence-corrected chi connectivity index (χ2v) is 6.27. The van der Waals surface area contributed by atoms with Gasteiger partial charge in [0, 0.05) is 18.8 Å². The average molecular weight is 370 g/mol. The van der Waals surface area contributed by atoms with E-state index in [9.17, 15) is 4.79 Å². The predicted octanol–water partition coefficient (Wildman–Crippen LogP) is 4.08. The summed E-state index contributed by atoms with van der Waals surface area (Å²) >= 11 is 0. The first-order valence-electron chi connectivity index (χ1n) is 9.77. The molecule has 146 valence electrons. The lowest BCUT2D eigenvalue weighted by atomic mass is 10.1. The fourth-order valence-corrected chi connectivity index (χ4v) is 2.77. The van der Waals surface area contributed by atoms with Gasteiger partial charge in [0.25, 0.3) is 0 Å². The van der Waals surface area contributed by atoms with E-state index in [1.54, 1.807) is 6.92 Å². The molecular formula is C21H30N4O2. The second-order valence-electron chi connectivity index (χ2n) is 6.27. The van der Waals surface area contributed by atoms with Crippen LogP contribution >= 0.6 is 0 Å². The van der Waals surface area contributed by atoms with Crippen LogP contribution in [0.2, 0.25) is 0 Å². The van der Waals surface area contributed by atoms with Crippen LogP contribution < -0.4 is 10.6 Å². The van der Waals surface area contributed by atoms with Gasteiger partial charge < -0.3 is 15.4 Å². The number of hydrogen-bond donors (Lipinski definition) is 2. The molecule has 0 bridgehead atoms. The van der Waals surface area contributed by atoms with Crippen LogP contribution in [0.15, 0.2) is 30.6 Å². The summed E-state index contributed by atoms with van der Waals surface area (Å²) in [5.74, 6) is 0.165. The van der Waals surface area contributed by atoms with Gasteiger partial charge >= 0.3 is 5.97 Å². The van der Waals surface area contributed by atoms with E-state index >= 15 is 0 Å². The number of anilines is 2. The SMILES string of the molecule is CCCCNc1ccc(CCNc2ncnc(CC)c2C(=O)OCC)cc1. The topological polar surface area (TPSA) is 76.1 Å². The van der Waals surface area contributed by atoms with Crippen LogP contribution in [0.3, 0.4) is 0 Å². The number of unbranched alkanes of at least 4 members (excludes halogenated alkanes) is 1. The number of aromatic nitrogens is 2. The molecule has 0 fully saturated rings. The molecule has 0 spiro atoms. The van der Waals surface area contributed by atoms with Crippen molar-refractivity contribution < 1.29 is 9.53 Å². The number of nitrogens with zero attached hydrogens (tertiary/aromatic N) is 2. The number of rotatable bonds is 11. The molecule has 6 nitrogen and oxygen atoms in total. The Labute approximate surface area is 161 Å². The van der Waals surface area contributed by atoms with Gasteiger partial charge in [-0.15, -0.1) is 0 Å². The summed E-state index contributed by atoms with van der Waals surface area (Å²) in [6, 6.07) is 8.46. The summed E-state index contributed by atoms with van der Waals surface area (Å²) in [6.45, 7) is 7.95. The molecule has 2 rings (SSSR count). The quantitative estimate of drug-likeness (QED) is 0.458. The zero-order valence-corrected chi connectivity index (χ0v) is 16.5. The van der Waals surface area contributed by atoms with E-state index in [4.69, 9.17) is 4.74 Å². The Morgan fingerprint density at radius 3 is 2.48 bits per heavy atom. The van der Waals surface area contributed by atoms with Crippen molar-refractivity contribution in [2.75, 3.05) is 30.3 Å². The molecule has 1 aromatic carbocycles. The minimum absolute atomic E-state index is 0.328.